The summed E-state index contributed by atoms with van der Waals surface area (Å²) in [5.74, 6) is -0.164. The molecule has 2 aromatic carbocycles. The number of hydrogen-bond acceptors (Lipinski definition) is 4. The van der Waals surface area contributed by atoms with Crippen LogP contribution >= 0.6 is 0 Å². The highest BCUT2D eigenvalue weighted by Gasteiger charge is 2.24. The van der Waals surface area contributed by atoms with Crippen LogP contribution in [0, 0.1) is 0 Å². The fourth-order valence-electron chi connectivity index (χ4n) is 2.63. The second-order valence-corrected chi connectivity index (χ2v) is 4.81. The third-order valence-electron chi connectivity index (χ3n) is 3.60. The van der Waals surface area contributed by atoms with Crippen LogP contribution in [-0.4, -0.2) is 16.8 Å². The van der Waals surface area contributed by atoms with E-state index in [9.17, 15) is 10.2 Å². The van der Waals surface area contributed by atoms with Crippen LogP contribution in [0.3, 0.4) is 0 Å². The van der Waals surface area contributed by atoms with Gasteiger partial charge >= 0.3 is 0 Å². The maximum atomic E-state index is 9.70. The summed E-state index contributed by atoms with van der Waals surface area (Å²) in [5, 5.41) is 22.7. The molecular weight excluding hydrogens is 240 g/mol. The molecule has 0 saturated carbocycles. The summed E-state index contributed by atoms with van der Waals surface area (Å²) >= 11 is 0. The molecule has 1 atom stereocenters. The fraction of sp³-hybridized carbons (Fsp3) is 0.200. The quantitative estimate of drug-likeness (QED) is 0.464. The average Bonchev–Trinajstić information content (AvgIpc) is 2.40. The number of nitrogen functional groups attached to an aromatic ring is 1. The predicted molar refractivity (Wildman–Crippen MR) is 74.2 cm³/mol. The summed E-state index contributed by atoms with van der Waals surface area (Å²) in [6, 6.07) is 10.9. The Kier molecular flexibility index (Phi) is 2.80. The molecule has 1 heterocycles. The molecule has 98 valence electrons. The average molecular weight is 256 g/mol. The van der Waals surface area contributed by atoms with Gasteiger partial charge in [0, 0.05) is 12.2 Å². The van der Waals surface area contributed by atoms with Crippen molar-refractivity contribution in [1.82, 2.24) is 5.32 Å². The van der Waals surface area contributed by atoms with E-state index in [0.29, 0.717) is 0 Å². The molecule has 19 heavy (non-hydrogen) atoms. The Hall–Kier alpha value is -2.20. The van der Waals surface area contributed by atoms with Crippen molar-refractivity contribution in [3.05, 3.63) is 53.1 Å². The second kappa shape index (κ2) is 4.48. The van der Waals surface area contributed by atoms with Gasteiger partial charge in [-0.25, -0.2) is 0 Å². The van der Waals surface area contributed by atoms with Gasteiger partial charge in [0.25, 0.3) is 0 Å². The number of rotatable bonds is 1. The molecular formula is C15H16N2O2. The van der Waals surface area contributed by atoms with E-state index in [4.69, 9.17) is 5.73 Å². The number of aromatic hydroxyl groups is 2. The minimum Gasteiger partial charge on any atom is -0.504 e. The maximum absolute atomic E-state index is 9.70. The zero-order valence-corrected chi connectivity index (χ0v) is 10.4. The maximum Gasteiger partial charge on any atom is 0.157 e. The topological polar surface area (TPSA) is 78.5 Å². The van der Waals surface area contributed by atoms with Crippen molar-refractivity contribution < 1.29 is 10.2 Å². The van der Waals surface area contributed by atoms with Gasteiger partial charge in [0.1, 0.15) is 0 Å². The zero-order valence-electron chi connectivity index (χ0n) is 10.4. The highest BCUT2D eigenvalue weighted by Crippen LogP contribution is 2.37. The Morgan fingerprint density at radius 1 is 1.05 bits per heavy atom. The first-order valence-corrected chi connectivity index (χ1v) is 6.29. The van der Waals surface area contributed by atoms with E-state index in [-0.39, 0.29) is 17.5 Å². The summed E-state index contributed by atoms with van der Waals surface area (Å²) in [5.41, 5.74) is 9.76. The minimum absolute atomic E-state index is 0.0450. The van der Waals surface area contributed by atoms with Crippen molar-refractivity contribution in [2.45, 2.75) is 12.5 Å². The van der Waals surface area contributed by atoms with Crippen molar-refractivity contribution in [2.75, 3.05) is 12.3 Å². The van der Waals surface area contributed by atoms with Crippen LogP contribution in [0.2, 0.25) is 0 Å². The molecule has 4 nitrogen and oxygen atoms in total. The molecule has 0 fully saturated rings. The third-order valence-corrected chi connectivity index (χ3v) is 3.60. The lowest BCUT2D eigenvalue weighted by molar-refractivity contribution is 0.400. The van der Waals surface area contributed by atoms with Crippen LogP contribution in [0.5, 0.6) is 11.5 Å². The van der Waals surface area contributed by atoms with Crippen LogP contribution in [0.1, 0.15) is 22.7 Å². The van der Waals surface area contributed by atoms with Gasteiger partial charge in [-0.15, -0.1) is 0 Å². The molecule has 4 heteroatoms. The number of benzene rings is 2. The monoisotopic (exact) mass is 256 g/mol. The molecule has 0 aromatic heterocycles. The minimum atomic E-state index is -0.0954. The first kappa shape index (κ1) is 11.9. The Morgan fingerprint density at radius 3 is 2.58 bits per heavy atom. The van der Waals surface area contributed by atoms with E-state index >= 15 is 0 Å². The number of nitrogens with one attached hydrogen (secondary N) is 1. The smallest absolute Gasteiger partial charge is 0.157 e. The molecule has 2 aromatic rings. The van der Waals surface area contributed by atoms with Crippen LogP contribution in [0.15, 0.2) is 36.4 Å². The lowest BCUT2D eigenvalue weighted by Crippen LogP contribution is -2.31. The van der Waals surface area contributed by atoms with E-state index in [1.807, 2.05) is 24.3 Å². The third kappa shape index (κ3) is 2.00. The molecule has 0 spiro atoms. The van der Waals surface area contributed by atoms with Crippen LogP contribution in [-0.2, 0) is 6.42 Å². The largest absolute Gasteiger partial charge is 0.504 e. The molecule has 1 unspecified atom stereocenters. The van der Waals surface area contributed by atoms with Crippen molar-refractivity contribution in [2.24, 2.45) is 0 Å². The Labute approximate surface area is 111 Å². The predicted octanol–water partition coefficient (Wildman–Crippen LogP) is 1.92. The number of phenolic OH excluding ortho intramolecular Hbond substituents is 2. The molecule has 1 aliphatic heterocycles. The van der Waals surface area contributed by atoms with Gasteiger partial charge in [0.05, 0.1) is 6.04 Å². The zero-order chi connectivity index (χ0) is 13.4. The first-order valence-electron chi connectivity index (χ1n) is 6.29. The molecule has 3 rings (SSSR count). The lowest BCUT2D eigenvalue weighted by Gasteiger charge is -2.28. The van der Waals surface area contributed by atoms with Gasteiger partial charge in [0.2, 0.25) is 0 Å². The van der Waals surface area contributed by atoms with Gasteiger partial charge in [-0.1, -0.05) is 18.2 Å². The highest BCUT2D eigenvalue weighted by molar-refractivity contribution is 5.56. The molecule has 0 radical (unpaired) electrons. The number of hydrogen-bond donors (Lipinski definition) is 4. The van der Waals surface area contributed by atoms with E-state index in [0.717, 1.165) is 35.3 Å². The standard InChI is InChI=1S/C15H16N2O2/c16-12-4-2-1-3-10(12)15-11-8-14(19)13(18)7-9(11)5-6-17-15/h1-4,7-8,15,17-19H,5-6,16H2. The fourth-order valence-corrected chi connectivity index (χ4v) is 2.63. The molecule has 1 aliphatic rings. The summed E-state index contributed by atoms with van der Waals surface area (Å²) < 4.78 is 0. The van der Waals surface area contributed by atoms with E-state index in [1.54, 1.807) is 12.1 Å². The number of nitrogens with two attached hydrogens (primary N) is 1. The number of phenols is 2. The number of fused-ring (bicyclic) bond motifs is 1. The molecule has 5 N–H and O–H groups in total. The van der Waals surface area contributed by atoms with Gasteiger partial charge in [-0.05, 0) is 41.3 Å². The van der Waals surface area contributed by atoms with Crippen molar-refractivity contribution in [1.29, 1.82) is 0 Å². The van der Waals surface area contributed by atoms with Crippen molar-refractivity contribution in [3.63, 3.8) is 0 Å². The summed E-state index contributed by atoms with van der Waals surface area (Å²) in [4.78, 5) is 0. The second-order valence-electron chi connectivity index (χ2n) is 4.81. The van der Waals surface area contributed by atoms with Gasteiger partial charge in [0.15, 0.2) is 11.5 Å². The van der Waals surface area contributed by atoms with E-state index in [2.05, 4.69) is 5.32 Å². The molecule has 0 aliphatic carbocycles. The van der Waals surface area contributed by atoms with Crippen LogP contribution in [0.25, 0.3) is 0 Å². The van der Waals surface area contributed by atoms with E-state index < -0.39 is 0 Å². The summed E-state index contributed by atoms with van der Waals surface area (Å²) in [7, 11) is 0. The van der Waals surface area contributed by atoms with Crippen molar-refractivity contribution >= 4 is 5.69 Å². The SMILES string of the molecule is Nc1ccccc1C1NCCc2cc(O)c(O)cc21. The lowest BCUT2D eigenvalue weighted by atomic mass is 9.89. The normalized spacial score (nSPS) is 18.0. The van der Waals surface area contributed by atoms with Gasteiger partial charge < -0.3 is 21.3 Å². The Bertz CT molecular complexity index is 626. The van der Waals surface area contributed by atoms with Gasteiger partial charge in [-0.2, -0.15) is 0 Å². The Balaban J connectivity index is 2.13. The molecule has 0 amide bonds. The van der Waals surface area contributed by atoms with Crippen molar-refractivity contribution in [3.8, 4) is 11.5 Å². The van der Waals surface area contributed by atoms with Crippen LogP contribution in [0.4, 0.5) is 5.69 Å². The molecule has 0 bridgehead atoms. The van der Waals surface area contributed by atoms with E-state index in [1.165, 1.54) is 0 Å². The van der Waals surface area contributed by atoms with Crippen LogP contribution < -0.4 is 11.1 Å². The number of anilines is 1. The molecule has 0 saturated heterocycles. The van der Waals surface area contributed by atoms with Gasteiger partial charge in [-0.3, -0.25) is 0 Å². The Morgan fingerprint density at radius 2 is 1.79 bits per heavy atom. The summed E-state index contributed by atoms with van der Waals surface area (Å²) in [6.07, 6.45) is 0.826. The summed E-state index contributed by atoms with van der Waals surface area (Å²) in [6.45, 7) is 0.816. The highest BCUT2D eigenvalue weighted by atomic mass is 16.3. The first-order chi connectivity index (χ1) is 9.16. The number of para-hydroxylation sites is 1.